The van der Waals surface area contributed by atoms with Gasteiger partial charge in [0, 0.05) is 30.6 Å². The third-order valence-electron chi connectivity index (χ3n) is 5.39. The normalized spacial score (nSPS) is 18.7. The summed E-state index contributed by atoms with van der Waals surface area (Å²) < 4.78 is 5.20. The molecule has 1 fully saturated rings. The highest BCUT2D eigenvalue weighted by molar-refractivity contribution is 7.16. The molecule has 4 heterocycles. The van der Waals surface area contributed by atoms with Crippen LogP contribution >= 0.6 is 11.3 Å². The van der Waals surface area contributed by atoms with Crippen LogP contribution in [-0.4, -0.2) is 36.4 Å². The number of furan rings is 1. The standard InChI is InChI=1S/C22H24N4OS/c1-15-12-18-21(24-19-4-2-3-5-20(19)25-22(18)28-15)26-10-9-23-17(13-26)7-6-16-8-11-27-14-16/h2-5,8,11-12,14,17,23,25H,6-7,9-10,13H2,1H3. The predicted octanol–water partition coefficient (Wildman–Crippen LogP) is 4.69. The molecule has 0 amide bonds. The Kier molecular flexibility index (Phi) is 4.66. The van der Waals surface area contributed by atoms with Gasteiger partial charge in [0.25, 0.3) is 0 Å². The van der Waals surface area contributed by atoms with Crippen LogP contribution in [0.5, 0.6) is 0 Å². The van der Waals surface area contributed by atoms with E-state index in [2.05, 4.69) is 58.9 Å². The zero-order chi connectivity index (χ0) is 18.9. The van der Waals surface area contributed by atoms with E-state index in [4.69, 9.17) is 9.41 Å². The first-order chi connectivity index (χ1) is 13.8. The minimum Gasteiger partial charge on any atom is -0.472 e. The smallest absolute Gasteiger partial charge is 0.139 e. The lowest BCUT2D eigenvalue weighted by molar-refractivity contribution is 0.282. The van der Waals surface area contributed by atoms with Crippen molar-refractivity contribution in [1.82, 2.24) is 10.2 Å². The van der Waals surface area contributed by atoms with E-state index in [-0.39, 0.29) is 0 Å². The second-order valence-electron chi connectivity index (χ2n) is 7.44. The highest BCUT2D eigenvalue weighted by Gasteiger charge is 2.27. The van der Waals surface area contributed by atoms with Crippen molar-refractivity contribution in [2.75, 3.05) is 25.0 Å². The van der Waals surface area contributed by atoms with E-state index in [9.17, 15) is 0 Å². The number of hydrogen-bond donors (Lipinski definition) is 2. The average molecular weight is 393 g/mol. The van der Waals surface area contributed by atoms with Gasteiger partial charge in [0.2, 0.25) is 0 Å². The van der Waals surface area contributed by atoms with Crippen LogP contribution in [0.3, 0.4) is 0 Å². The zero-order valence-corrected chi connectivity index (χ0v) is 16.8. The first-order valence-electron chi connectivity index (χ1n) is 9.81. The van der Waals surface area contributed by atoms with Crippen LogP contribution in [-0.2, 0) is 6.42 Å². The Morgan fingerprint density at radius 2 is 2.21 bits per heavy atom. The van der Waals surface area contributed by atoms with Crippen molar-refractivity contribution in [1.29, 1.82) is 0 Å². The van der Waals surface area contributed by atoms with Crippen molar-refractivity contribution in [2.45, 2.75) is 25.8 Å². The lowest BCUT2D eigenvalue weighted by Crippen LogP contribution is -2.52. The average Bonchev–Trinajstić information content (AvgIpc) is 3.32. The molecule has 5 nitrogen and oxygen atoms in total. The SMILES string of the molecule is Cc1cc2c(s1)Nc1ccccc1N=C2N1CCNC(CCc2ccoc2)C1. The minimum atomic E-state index is 0.445. The summed E-state index contributed by atoms with van der Waals surface area (Å²) in [5.74, 6) is 1.09. The first kappa shape index (κ1) is 17.5. The number of thiophene rings is 1. The summed E-state index contributed by atoms with van der Waals surface area (Å²) in [6.45, 7) is 5.07. The van der Waals surface area contributed by atoms with Gasteiger partial charge in [-0.1, -0.05) is 12.1 Å². The van der Waals surface area contributed by atoms with Crippen LogP contribution in [0.1, 0.15) is 22.4 Å². The van der Waals surface area contributed by atoms with Crippen LogP contribution in [0.4, 0.5) is 16.4 Å². The lowest BCUT2D eigenvalue weighted by Gasteiger charge is -2.35. The van der Waals surface area contributed by atoms with Crippen molar-refractivity contribution in [3.8, 4) is 0 Å². The Hall–Kier alpha value is -2.57. The molecule has 6 heteroatoms. The van der Waals surface area contributed by atoms with Gasteiger partial charge in [-0.15, -0.1) is 11.3 Å². The summed E-state index contributed by atoms with van der Waals surface area (Å²) in [6, 6.07) is 13.1. The van der Waals surface area contributed by atoms with E-state index in [1.54, 1.807) is 17.6 Å². The fourth-order valence-electron chi connectivity index (χ4n) is 3.97. The minimum absolute atomic E-state index is 0.445. The third kappa shape index (κ3) is 3.45. The van der Waals surface area contributed by atoms with Crippen molar-refractivity contribution in [2.24, 2.45) is 4.99 Å². The molecule has 28 heavy (non-hydrogen) atoms. The molecule has 0 spiro atoms. The Balaban J connectivity index is 1.42. The van der Waals surface area contributed by atoms with E-state index in [1.165, 1.54) is 21.0 Å². The van der Waals surface area contributed by atoms with Gasteiger partial charge in [-0.05, 0) is 49.6 Å². The molecule has 1 aromatic carbocycles. The number of nitrogens with zero attached hydrogens (tertiary/aromatic N) is 2. The Morgan fingerprint density at radius 1 is 1.29 bits per heavy atom. The van der Waals surface area contributed by atoms with Crippen molar-refractivity contribution >= 4 is 33.5 Å². The van der Waals surface area contributed by atoms with Gasteiger partial charge in [-0.25, -0.2) is 4.99 Å². The summed E-state index contributed by atoms with van der Waals surface area (Å²) in [5.41, 5.74) is 4.56. The highest BCUT2D eigenvalue weighted by atomic mass is 32.1. The number of benzene rings is 1. The van der Waals surface area contributed by atoms with E-state index < -0.39 is 0 Å². The van der Waals surface area contributed by atoms with Crippen molar-refractivity contribution < 1.29 is 4.42 Å². The maximum atomic E-state index is 5.20. The van der Waals surface area contributed by atoms with Crippen LogP contribution in [0.15, 0.2) is 58.3 Å². The van der Waals surface area contributed by atoms with Gasteiger partial charge >= 0.3 is 0 Å². The number of aliphatic imine (C=N–C) groups is 1. The molecule has 1 unspecified atom stereocenters. The molecule has 1 saturated heterocycles. The van der Waals surface area contributed by atoms with Gasteiger partial charge < -0.3 is 20.0 Å². The monoisotopic (exact) mass is 392 g/mol. The molecule has 1 atom stereocenters. The third-order valence-corrected chi connectivity index (χ3v) is 6.36. The zero-order valence-electron chi connectivity index (χ0n) is 15.9. The van der Waals surface area contributed by atoms with Crippen molar-refractivity contribution in [3.05, 3.63) is 64.9 Å². The van der Waals surface area contributed by atoms with Gasteiger partial charge in [0.05, 0.1) is 29.5 Å². The molecule has 0 aliphatic carbocycles. The number of anilines is 2. The number of hydrogen-bond acceptors (Lipinski definition) is 6. The molecule has 2 aliphatic heterocycles. The number of piperazine rings is 1. The largest absolute Gasteiger partial charge is 0.472 e. The first-order valence-corrected chi connectivity index (χ1v) is 10.6. The molecule has 3 aromatic rings. The topological polar surface area (TPSA) is 52.8 Å². The summed E-state index contributed by atoms with van der Waals surface area (Å²) in [4.78, 5) is 8.86. The predicted molar refractivity (Wildman–Crippen MR) is 115 cm³/mol. The maximum Gasteiger partial charge on any atom is 0.139 e. The fourth-order valence-corrected chi connectivity index (χ4v) is 4.89. The summed E-state index contributed by atoms with van der Waals surface area (Å²) in [6.07, 6.45) is 5.72. The number of amidine groups is 1. The molecule has 2 N–H and O–H groups in total. The number of aryl methyl sites for hydroxylation is 2. The Bertz CT molecular complexity index is 992. The molecule has 2 aliphatic rings. The van der Waals surface area contributed by atoms with Gasteiger partial charge in [0.15, 0.2) is 0 Å². The molecular weight excluding hydrogens is 368 g/mol. The van der Waals surface area contributed by atoms with Crippen LogP contribution in [0.2, 0.25) is 0 Å². The second-order valence-corrected chi connectivity index (χ2v) is 8.70. The summed E-state index contributed by atoms with van der Waals surface area (Å²) in [5, 5.41) is 8.46. The number of nitrogens with one attached hydrogen (secondary N) is 2. The van der Waals surface area contributed by atoms with E-state index in [1.807, 2.05) is 6.26 Å². The molecule has 0 saturated carbocycles. The molecule has 2 aromatic heterocycles. The van der Waals surface area contributed by atoms with Gasteiger partial charge in [-0.3, -0.25) is 0 Å². The van der Waals surface area contributed by atoms with Gasteiger partial charge in [0.1, 0.15) is 10.8 Å². The lowest BCUT2D eigenvalue weighted by atomic mass is 10.0. The van der Waals surface area contributed by atoms with Gasteiger partial charge in [-0.2, -0.15) is 0 Å². The van der Waals surface area contributed by atoms with Crippen molar-refractivity contribution in [3.63, 3.8) is 0 Å². The molecule has 0 bridgehead atoms. The van der Waals surface area contributed by atoms with E-state index in [0.29, 0.717) is 6.04 Å². The Morgan fingerprint density at radius 3 is 3.11 bits per heavy atom. The molecular formula is C22H24N4OS. The molecule has 5 rings (SSSR count). The maximum absolute atomic E-state index is 5.20. The number of rotatable bonds is 3. The quantitative estimate of drug-likeness (QED) is 0.679. The summed E-state index contributed by atoms with van der Waals surface area (Å²) >= 11 is 1.80. The fraction of sp³-hybridized carbons (Fsp3) is 0.318. The van der Waals surface area contributed by atoms with Crippen LogP contribution in [0.25, 0.3) is 0 Å². The highest BCUT2D eigenvalue weighted by Crippen LogP contribution is 2.39. The number of para-hydroxylation sites is 2. The van der Waals surface area contributed by atoms with Crippen LogP contribution in [0, 0.1) is 6.92 Å². The second kappa shape index (κ2) is 7.45. The molecule has 144 valence electrons. The number of fused-ring (bicyclic) bond motifs is 2. The molecule has 0 radical (unpaired) electrons. The van der Waals surface area contributed by atoms with Crippen LogP contribution < -0.4 is 10.6 Å². The Labute approximate surface area is 169 Å². The van der Waals surface area contributed by atoms with E-state index in [0.717, 1.165) is 49.7 Å². The summed E-state index contributed by atoms with van der Waals surface area (Å²) in [7, 11) is 0. The van der Waals surface area contributed by atoms with E-state index >= 15 is 0 Å².